The van der Waals surface area contributed by atoms with Gasteiger partial charge in [0, 0.05) is 12.6 Å². The lowest BCUT2D eigenvalue weighted by Crippen LogP contribution is -2.34. The smallest absolute Gasteiger partial charge is 0.289 e. The predicted molar refractivity (Wildman–Crippen MR) is 86.6 cm³/mol. The van der Waals surface area contributed by atoms with Crippen molar-refractivity contribution in [3.8, 4) is 0 Å². The van der Waals surface area contributed by atoms with Crippen LogP contribution in [0.2, 0.25) is 5.02 Å². The van der Waals surface area contributed by atoms with Crippen LogP contribution in [0.4, 0.5) is 26.0 Å². The Labute approximate surface area is 145 Å². The average molecular weight is 369 g/mol. The van der Waals surface area contributed by atoms with Gasteiger partial charge in [-0.25, -0.2) is 13.8 Å². The van der Waals surface area contributed by atoms with Crippen molar-refractivity contribution in [2.24, 2.45) is 0 Å². The number of pyridine rings is 1. The number of hydrogen-bond acceptors (Lipinski definition) is 5. The lowest BCUT2D eigenvalue weighted by Gasteiger charge is -2.18. The van der Waals surface area contributed by atoms with Gasteiger partial charge >= 0.3 is 0 Å². The molecule has 0 radical (unpaired) electrons. The summed E-state index contributed by atoms with van der Waals surface area (Å²) in [5.41, 5.74) is -0.692. The molecule has 0 spiro atoms. The number of carbonyl (C=O) groups is 1. The van der Waals surface area contributed by atoms with Crippen molar-refractivity contribution in [3.63, 3.8) is 0 Å². The standard InChI is InChI=1S/C15H11ClF2N4O3/c16-9-6-8(22(24)25)7-19-14(9)20-12-4-5-21(15(12)23)13-10(17)2-1-3-11(13)18/h1-3,6-7,12H,4-5H2,(H,19,20). The highest BCUT2D eigenvalue weighted by Gasteiger charge is 2.35. The number of nitrogens with one attached hydrogen (secondary N) is 1. The Hall–Kier alpha value is -2.81. The van der Waals surface area contributed by atoms with Gasteiger partial charge in [0.1, 0.15) is 35.4 Å². The van der Waals surface area contributed by atoms with Crippen LogP contribution in [0.1, 0.15) is 6.42 Å². The van der Waals surface area contributed by atoms with Gasteiger partial charge in [-0.3, -0.25) is 14.9 Å². The van der Waals surface area contributed by atoms with Crippen LogP contribution in [-0.4, -0.2) is 28.4 Å². The van der Waals surface area contributed by atoms with Crippen molar-refractivity contribution in [3.05, 3.63) is 57.2 Å². The molecule has 1 fully saturated rings. The highest BCUT2D eigenvalue weighted by molar-refractivity contribution is 6.33. The van der Waals surface area contributed by atoms with E-state index in [2.05, 4.69) is 10.3 Å². The Morgan fingerprint density at radius 1 is 1.36 bits per heavy atom. The fourth-order valence-corrected chi connectivity index (χ4v) is 2.80. The van der Waals surface area contributed by atoms with E-state index in [9.17, 15) is 23.7 Å². The number of hydrogen-bond donors (Lipinski definition) is 1. The average Bonchev–Trinajstić information content (AvgIpc) is 2.90. The molecule has 1 amide bonds. The molecular weight excluding hydrogens is 358 g/mol. The van der Waals surface area contributed by atoms with Gasteiger partial charge in [-0.05, 0) is 18.6 Å². The molecule has 1 aromatic heterocycles. The molecule has 1 atom stereocenters. The molecule has 3 rings (SSSR count). The molecule has 1 unspecified atom stereocenters. The maximum absolute atomic E-state index is 13.9. The number of rotatable bonds is 4. The minimum absolute atomic E-state index is 0.0301. The maximum Gasteiger partial charge on any atom is 0.289 e. The van der Waals surface area contributed by atoms with E-state index >= 15 is 0 Å². The normalized spacial score (nSPS) is 17.0. The van der Waals surface area contributed by atoms with Crippen LogP contribution in [0, 0.1) is 21.7 Å². The zero-order valence-corrected chi connectivity index (χ0v) is 13.3. The van der Waals surface area contributed by atoms with Crippen molar-refractivity contribution in [1.82, 2.24) is 4.98 Å². The Kier molecular flexibility index (Phi) is 4.49. The van der Waals surface area contributed by atoms with Gasteiger partial charge in [0.15, 0.2) is 0 Å². The number of amides is 1. The van der Waals surface area contributed by atoms with E-state index in [0.717, 1.165) is 29.3 Å². The van der Waals surface area contributed by atoms with E-state index in [1.807, 2.05) is 0 Å². The predicted octanol–water partition coefficient (Wildman–Crippen LogP) is 3.14. The number of carbonyl (C=O) groups excluding carboxylic acids is 1. The molecule has 1 aliphatic rings. The second kappa shape index (κ2) is 6.60. The largest absolute Gasteiger partial charge is 0.357 e. The summed E-state index contributed by atoms with van der Waals surface area (Å²) < 4.78 is 27.7. The number of anilines is 2. The summed E-state index contributed by atoms with van der Waals surface area (Å²) in [7, 11) is 0. The summed E-state index contributed by atoms with van der Waals surface area (Å²) in [6.45, 7) is 0.110. The van der Waals surface area contributed by atoms with Gasteiger partial charge in [-0.1, -0.05) is 17.7 Å². The quantitative estimate of drug-likeness (QED) is 0.661. The SMILES string of the molecule is O=C1C(Nc2ncc([N+](=O)[O-])cc2Cl)CCN1c1c(F)cccc1F. The second-order valence-corrected chi connectivity index (χ2v) is 5.73. The third-order valence-electron chi connectivity index (χ3n) is 3.76. The summed E-state index contributed by atoms with van der Waals surface area (Å²) in [5, 5.41) is 13.4. The molecule has 0 aliphatic carbocycles. The number of para-hydroxylation sites is 1. The minimum Gasteiger partial charge on any atom is -0.357 e. The molecular formula is C15H11ClF2N4O3. The molecule has 25 heavy (non-hydrogen) atoms. The first kappa shape index (κ1) is 17.0. The number of nitrogens with zero attached hydrogens (tertiary/aromatic N) is 3. The van der Waals surface area contributed by atoms with Crippen molar-refractivity contribution >= 4 is 34.7 Å². The molecule has 1 saturated heterocycles. The monoisotopic (exact) mass is 368 g/mol. The molecule has 7 nitrogen and oxygen atoms in total. The molecule has 2 aromatic rings. The number of benzene rings is 1. The molecule has 2 heterocycles. The Morgan fingerprint density at radius 3 is 2.64 bits per heavy atom. The fourth-order valence-electron chi connectivity index (χ4n) is 2.58. The third-order valence-corrected chi connectivity index (χ3v) is 4.05. The maximum atomic E-state index is 13.9. The van der Waals surface area contributed by atoms with Crippen LogP contribution >= 0.6 is 11.6 Å². The zero-order chi connectivity index (χ0) is 18.1. The van der Waals surface area contributed by atoms with Gasteiger partial charge in [0.2, 0.25) is 5.91 Å². The van der Waals surface area contributed by atoms with Crippen LogP contribution in [0.15, 0.2) is 30.5 Å². The zero-order valence-electron chi connectivity index (χ0n) is 12.6. The summed E-state index contributed by atoms with van der Waals surface area (Å²) in [5.74, 6) is -2.12. The van der Waals surface area contributed by atoms with Crippen LogP contribution in [0.25, 0.3) is 0 Å². The second-order valence-electron chi connectivity index (χ2n) is 5.33. The molecule has 1 aromatic carbocycles. The Morgan fingerprint density at radius 2 is 2.04 bits per heavy atom. The molecule has 1 aliphatic heterocycles. The molecule has 0 saturated carbocycles. The van der Waals surface area contributed by atoms with E-state index in [1.165, 1.54) is 6.07 Å². The van der Waals surface area contributed by atoms with Crippen molar-refractivity contribution in [2.75, 3.05) is 16.8 Å². The highest BCUT2D eigenvalue weighted by Crippen LogP contribution is 2.30. The third kappa shape index (κ3) is 3.22. The van der Waals surface area contributed by atoms with Gasteiger partial charge < -0.3 is 10.2 Å². The van der Waals surface area contributed by atoms with Crippen LogP contribution in [0.3, 0.4) is 0 Å². The van der Waals surface area contributed by atoms with Crippen LogP contribution in [-0.2, 0) is 4.79 Å². The van der Waals surface area contributed by atoms with E-state index in [1.54, 1.807) is 0 Å². The first-order valence-corrected chi connectivity index (χ1v) is 7.58. The van der Waals surface area contributed by atoms with Crippen LogP contribution in [0.5, 0.6) is 0 Å². The lowest BCUT2D eigenvalue weighted by molar-refractivity contribution is -0.385. The van der Waals surface area contributed by atoms with Gasteiger partial charge in [0.05, 0.1) is 9.95 Å². The molecule has 0 bridgehead atoms. The van der Waals surface area contributed by atoms with E-state index in [-0.39, 0.29) is 29.5 Å². The van der Waals surface area contributed by atoms with E-state index in [4.69, 9.17) is 11.6 Å². The summed E-state index contributed by atoms with van der Waals surface area (Å²) in [6.07, 6.45) is 1.27. The van der Waals surface area contributed by atoms with E-state index in [0.29, 0.717) is 0 Å². The fraction of sp³-hybridized carbons (Fsp3) is 0.200. The summed E-state index contributed by atoms with van der Waals surface area (Å²) in [4.78, 5) is 27.3. The molecule has 10 heteroatoms. The van der Waals surface area contributed by atoms with Crippen molar-refractivity contribution in [2.45, 2.75) is 12.5 Å². The number of aromatic nitrogens is 1. The topological polar surface area (TPSA) is 88.4 Å². The molecule has 1 N–H and O–H groups in total. The van der Waals surface area contributed by atoms with Gasteiger partial charge in [-0.15, -0.1) is 0 Å². The van der Waals surface area contributed by atoms with Crippen LogP contribution < -0.4 is 10.2 Å². The minimum atomic E-state index is -0.833. The van der Waals surface area contributed by atoms with Crippen molar-refractivity contribution in [1.29, 1.82) is 0 Å². The number of nitro groups is 1. The van der Waals surface area contributed by atoms with Gasteiger partial charge in [0.25, 0.3) is 5.69 Å². The Balaban J connectivity index is 1.80. The lowest BCUT2D eigenvalue weighted by atomic mass is 10.2. The first-order valence-electron chi connectivity index (χ1n) is 7.20. The summed E-state index contributed by atoms with van der Waals surface area (Å²) in [6, 6.07) is 3.66. The summed E-state index contributed by atoms with van der Waals surface area (Å²) >= 11 is 5.93. The van der Waals surface area contributed by atoms with E-state index < -0.39 is 34.2 Å². The first-order chi connectivity index (χ1) is 11.9. The number of halogens is 3. The van der Waals surface area contributed by atoms with Gasteiger partial charge in [-0.2, -0.15) is 0 Å². The highest BCUT2D eigenvalue weighted by atomic mass is 35.5. The molecule has 130 valence electrons. The van der Waals surface area contributed by atoms with Crippen molar-refractivity contribution < 1.29 is 18.5 Å². The Bertz CT molecular complexity index is 844.